The molecular weight excluding hydrogens is 1280 g/mol. The zero-order chi connectivity index (χ0) is 71.8. The Morgan fingerprint density at radius 2 is 0.551 bits per heavy atom. The second kappa shape index (κ2) is 71.1. The van der Waals surface area contributed by atoms with Crippen molar-refractivity contribution in [1.29, 1.82) is 0 Å². The number of esters is 4. The van der Waals surface area contributed by atoms with Gasteiger partial charge in [0, 0.05) is 25.7 Å². The molecule has 5 atom stereocenters. The molecule has 3 N–H and O–H groups in total. The van der Waals surface area contributed by atoms with Crippen molar-refractivity contribution >= 4 is 39.5 Å². The van der Waals surface area contributed by atoms with Gasteiger partial charge in [-0.15, -0.1) is 0 Å². The summed E-state index contributed by atoms with van der Waals surface area (Å²) < 4.78 is 68.4. The van der Waals surface area contributed by atoms with Crippen LogP contribution in [0.3, 0.4) is 0 Å². The van der Waals surface area contributed by atoms with Gasteiger partial charge in [0.25, 0.3) is 0 Å². The number of carbonyl (C=O) groups is 4. The van der Waals surface area contributed by atoms with Crippen LogP contribution in [0.1, 0.15) is 310 Å². The summed E-state index contributed by atoms with van der Waals surface area (Å²) in [5.74, 6) is -2.21. The lowest BCUT2D eigenvalue weighted by molar-refractivity contribution is -0.161. The lowest BCUT2D eigenvalue weighted by Crippen LogP contribution is -2.30. The summed E-state index contributed by atoms with van der Waals surface area (Å²) in [6.45, 7) is 4.54. The number of phosphoric acid groups is 2. The van der Waals surface area contributed by atoms with Gasteiger partial charge in [-0.25, -0.2) is 9.13 Å². The summed E-state index contributed by atoms with van der Waals surface area (Å²) in [6.07, 6.45) is 75.1. The monoisotopic (exact) mass is 1420 g/mol. The van der Waals surface area contributed by atoms with E-state index < -0.39 is 97.5 Å². The van der Waals surface area contributed by atoms with Crippen molar-refractivity contribution in [2.75, 3.05) is 39.6 Å². The second-order valence-electron chi connectivity index (χ2n) is 25.2. The van der Waals surface area contributed by atoms with Crippen molar-refractivity contribution in [1.82, 2.24) is 0 Å². The van der Waals surface area contributed by atoms with E-state index >= 15 is 0 Å². The molecular formula is C79H136O17P2. The highest BCUT2D eigenvalue weighted by Gasteiger charge is 2.30. The summed E-state index contributed by atoms with van der Waals surface area (Å²) in [4.78, 5) is 72.8. The minimum Gasteiger partial charge on any atom is -0.462 e. The van der Waals surface area contributed by atoms with Gasteiger partial charge in [0.15, 0.2) is 12.2 Å². The number of hydrogen-bond acceptors (Lipinski definition) is 15. The van der Waals surface area contributed by atoms with Crippen LogP contribution in [0.5, 0.6) is 0 Å². The molecule has 0 aromatic heterocycles. The highest BCUT2D eigenvalue weighted by molar-refractivity contribution is 7.47. The molecule has 0 radical (unpaired) electrons. The van der Waals surface area contributed by atoms with Gasteiger partial charge in [-0.05, 0) is 122 Å². The van der Waals surface area contributed by atoms with E-state index in [1.807, 2.05) is 0 Å². The van der Waals surface area contributed by atoms with Crippen LogP contribution in [-0.4, -0.2) is 96.7 Å². The average Bonchev–Trinajstić information content (AvgIpc) is 0.972. The van der Waals surface area contributed by atoms with Crippen molar-refractivity contribution in [3.8, 4) is 0 Å². The molecule has 0 saturated carbocycles. The van der Waals surface area contributed by atoms with Crippen LogP contribution >= 0.6 is 15.6 Å². The summed E-state index contributed by atoms with van der Waals surface area (Å²) in [5, 5.41) is 10.6. The van der Waals surface area contributed by atoms with Gasteiger partial charge < -0.3 is 33.8 Å². The van der Waals surface area contributed by atoms with E-state index in [2.05, 4.69) is 137 Å². The number of allylic oxidation sites excluding steroid dienone is 18. The molecule has 0 aliphatic heterocycles. The van der Waals surface area contributed by atoms with Crippen LogP contribution in [0, 0.1) is 0 Å². The van der Waals surface area contributed by atoms with E-state index in [9.17, 15) is 43.2 Å². The minimum absolute atomic E-state index is 0.0742. The van der Waals surface area contributed by atoms with E-state index in [-0.39, 0.29) is 25.7 Å². The van der Waals surface area contributed by atoms with E-state index in [0.29, 0.717) is 25.7 Å². The second-order valence-corrected chi connectivity index (χ2v) is 28.1. The lowest BCUT2D eigenvalue weighted by Gasteiger charge is -2.21. The first kappa shape index (κ1) is 93.7. The zero-order valence-electron chi connectivity index (χ0n) is 61.4. The molecule has 5 unspecified atom stereocenters. The van der Waals surface area contributed by atoms with Gasteiger partial charge >= 0.3 is 39.5 Å². The normalized spacial score (nSPS) is 14.6. The molecule has 0 saturated heterocycles. The third-order valence-electron chi connectivity index (χ3n) is 15.7. The van der Waals surface area contributed by atoms with Crippen LogP contribution in [0.25, 0.3) is 0 Å². The van der Waals surface area contributed by atoms with E-state index in [4.69, 9.17) is 37.0 Å². The zero-order valence-corrected chi connectivity index (χ0v) is 63.2. The quantitative estimate of drug-likeness (QED) is 0.0169. The number of rotatable bonds is 71. The van der Waals surface area contributed by atoms with Gasteiger partial charge in [0.2, 0.25) is 0 Å². The molecule has 0 aliphatic carbocycles. The molecule has 0 aromatic carbocycles. The van der Waals surface area contributed by atoms with Gasteiger partial charge in [0.05, 0.1) is 26.4 Å². The Bertz CT molecular complexity index is 2290. The van der Waals surface area contributed by atoms with Crippen molar-refractivity contribution in [3.05, 3.63) is 109 Å². The summed E-state index contributed by atoms with van der Waals surface area (Å²) in [5.41, 5.74) is 0. The Labute approximate surface area is 594 Å². The molecule has 19 heteroatoms. The first-order valence-corrected chi connectivity index (χ1v) is 41.1. The Morgan fingerprint density at radius 3 is 0.857 bits per heavy atom. The molecule has 98 heavy (non-hydrogen) atoms. The molecule has 0 bridgehead atoms. The van der Waals surface area contributed by atoms with Crippen LogP contribution in [0.2, 0.25) is 0 Å². The summed E-state index contributed by atoms with van der Waals surface area (Å²) >= 11 is 0. The fourth-order valence-corrected chi connectivity index (χ4v) is 11.5. The molecule has 0 heterocycles. The first-order chi connectivity index (χ1) is 47.7. The average molecular weight is 1420 g/mol. The minimum atomic E-state index is -4.98. The number of carbonyl (C=O) groups excluding carboxylic acids is 4. The topological polar surface area (TPSA) is 237 Å². The predicted molar refractivity (Wildman–Crippen MR) is 399 cm³/mol. The molecule has 17 nitrogen and oxygen atoms in total. The molecule has 0 spiro atoms. The SMILES string of the molecule is CC/C=C\C/C=C\C/C=C\C/C=C\CCCCCCCCC(=O)OCC(COP(=O)(O)OCC(O)COP(=O)(O)OCC(COC(=O)CCCCCCC/C=C\C/C=C\C/C=C\CC)OC(=O)CCCCCCCCCCCCC)OC(=O)CCCCCCC/C=C\C/C=C\CCC. The van der Waals surface area contributed by atoms with Gasteiger partial charge in [-0.3, -0.25) is 37.3 Å². The number of phosphoric ester groups is 2. The maximum Gasteiger partial charge on any atom is 0.472 e. The number of ether oxygens (including phenoxy) is 4. The van der Waals surface area contributed by atoms with Gasteiger partial charge in [-0.1, -0.05) is 272 Å². The van der Waals surface area contributed by atoms with Crippen molar-refractivity contribution in [2.24, 2.45) is 0 Å². The predicted octanol–water partition coefficient (Wildman–Crippen LogP) is 21.8. The number of unbranched alkanes of at least 4 members (excludes halogenated alkanes) is 27. The van der Waals surface area contributed by atoms with Crippen molar-refractivity contribution in [2.45, 2.75) is 329 Å². The Morgan fingerprint density at radius 1 is 0.296 bits per heavy atom. The third-order valence-corrected chi connectivity index (χ3v) is 17.6. The maximum atomic E-state index is 13.1. The molecule has 0 rings (SSSR count). The van der Waals surface area contributed by atoms with Crippen LogP contribution in [0.4, 0.5) is 0 Å². The fraction of sp³-hybridized carbons (Fsp3) is 0.722. The van der Waals surface area contributed by atoms with Crippen LogP contribution in [0.15, 0.2) is 109 Å². The number of aliphatic hydroxyl groups excluding tert-OH is 1. The summed E-state index contributed by atoms with van der Waals surface area (Å²) in [6, 6.07) is 0. The van der Waals surface area contributed by atoms with Gasteiger partial charge in [-0.2, -0.15) is 0 Å². The molecule has 0 aliphatic rings. The standard InChI is InChI=1S/C79H136O17P2/c1-5-9-13-17-21-25-29-32-34-35-36-37-39-42-45-48-52-56-60-64-77(82)90-70-75(96-79(84)66-62-58-54-50-46-40-31-27-23-19-15-11-7-3)72-94-98(87,88)92-68-73(80)67-91-97(85,86)93-71-74(95-78(83)65-61-57-53-49-43-28-24-20-16-12-8-4)69-89-76(81)63-59-55-51-47-44-41-38-33-30-26-22-18-14-10-6-2/h9-10,13-15,19,21-22,25-27,31-34,36-38,73-75,80H,5-8,11-12,16-18,20,23-24,28-30,35,39-72H2,1-4H3,(H,85,86)(H,87,88)/b13-9-,14-10-,19-15-,25-21-,26-22-,31-27-,34-32-,37-36-,38-33-. The largest absolute Gasteiger partial charge is 0.472 e. The van der Waals surface area contributed by atoms with E-state index in [1.165, 1.54) is 38.5 Å². The molecule has 0 amide bonds. The smallest absolute Gasteiger partial charge is 0.462 e. The highest BCUT2D eigenvalue weighted by Crippen LogP contribution is 2.45. The van der Waals surface area contributed by atoms with E-state index in [0.717, 1.165) is 193 Å². The van der Waals surface area contributed by atoms with Crippen LogP contribution in [-0.2, 0) is 65.4 Å². The van der Waals surface area contributed by atoms with Gasteiger partial charge in [0.1, 0.15) is 19.3 Å². The number of aliphatic hydroxyl groups is 1. The van der Waals surface area contributed by atoms with Crippen molar-refractivity contribution < 1.29 is 80.2 Å². The molecule has 0 aromatic rings. The highest BCUT2D eigenvalue weighted by atomic mass is 31.2. The van der Waals surface area contributed by atoms with Crippen molar-refractivity contribution in [3.63, 3.8) is 0 Å². The fourth-order valence-electron chi connectivity index (χ4n) is 9.97. The molecule has 0 fully saturated rings. The Hall–Kier alpha value is -4.28. The first-order valence-electron chi connectivity index (χ1n) is 38.1. The van der Waals surface area contributed by atoms with E-state index in [1.54, 1.807) is 0 Å². The third kappa shape index (κ3) is 70.2. The molecule has 564 valence electrons. The summed E-state index contributed by atoms with van der Waals surface area (Å²) in [7, 11) is -9.95. The Balaban J connectivity index is 5.32. The Kier molecular flexibility index (Phi) is 68.0. The lowest BCUT2D eigenvalue weighted by atomic mass is 10.1. The maximum absolute atomic E-state index is 13.1. The number of hydrogen-bond donors (Lipinski definition) is 3. The van der Waals surface area contributed by atoms with Crippen LogP contribution < -0.4 is 0 Å².